The summed E-state index contributed by atoms with van der Waals surface area (Å²) in [4.78, 5) is 0. The van der Waals surface area contributed by atoms with E-state index < -0.39 is 0 Å². The second-order valence-electron chi connectivity index (χ2n) is 6.24. The first-order valence-corrected chi connectivity index (χ1v) is 7.06. The fraction of sp³-hybridized carbons (Fsp3) is 1.00. The summed E-state index contributed by atoms with van der Waals surface area (Å²) in [6.07, 6.45) is 7.75. The summed E-state index contributed by atoms with van der Waals surface area (Å²) in [5.74, 6) is 2.60. The van der Waals surface area contributed by atoms with Gasteiger partial charge in [0, 0.05) is 18.7 Å². The molecule has 2 saturated carbocycles. The highest BCUT2D eigenvalue weighted by atomic mass is 16.3. The Labute approximate surface area is 99.8 Å². The molecule has 2 N–H and O–H groups in total. The third kappa shape index (κ3) is 3.46. The molecule has 2 aliphatic carbocycles. The molecular weight excluding hydrogens is 198 g/mol. The molecule has 2 fully saturated rings. The smallest absolute Gasteiger partial charge is 0.0445 e. The Kier molecular flexibility index (Phi) is 4.26. The second-order valence-corrected chi connectivity index (χ2v) is 6.24. The van der Waals surface area contributed by atoms with Gasteiger partial charge >= 0.3 is 0 Å². The van der Waals surface area contributed by atoms with Gasteiger partial charge in [0.15, 0.2) is 0 Å². The molecule has 0 aromatic heterocycles. The van der Waals surface area contributed by atoms with Crippen LogP contribution in [0.15, 0.2) is 0 Å². The fourth-order valence-corrected chi connectivity index (χ4v) is 3.48. The van der Waals surface area contributed by atoms with Crippen LogP contribution < -0.4 is 5.32 Å². The summed E-state index contributed by atoms with van der Waals surface area (Å²) in [6, 6.07) is 1.29. The van der Waals surface area contributed by atoms with Gasteiger partial charge in [-0.15, -0.1) is 0 Å². The van der Waals surface area contributed by atoms with Crippen LogP contribution in [0.5, 0.6) is 0 Å². The van der Waals surface area contributed by atoms with E-state index in [-0.39, 0.29) is 0 Å². The third-order valence-corrected chi connectivity index (χ3v) is 4.26. The lowest BCUT2D eigenvalue weighted by molar-refractivity contribution is 0.198. The highest BCUT2D eigenvalue weighted by molar-refractivity contribution is 4.90. The van der Waals surface area contributed by atoms with Gasteiger partial charge in [-0.2, -0.15) is 0 Å². The van der Waals surface area contributed by atoms with Gasteiger partial charge in [0.05, 0.1) is 0 Å². The molecule has 0 aliphatic heterocycles. The Morgan fingerprint density at radius 2 is 1.75 bits per heavy atom. The SMILES string of the molecule is CC1CC(C)CC(NC(CCO)C2CC2)C1. The normalized spacial score (nSPS) is 37.3. The average molecular weight is 225 g/mol. The number of hydrogen-bond acceptors (Lipinski definition) is 2. The minimum atomic E-state index is 0.339. The van der Waals surface area contributed by atoms with E-state index in [9.17, 15) is 0 Å². The van der Waals surface area contributed by atoms with E-state index >= 15 is 0 Å². The first-order valence-electron chi connectivity index (χ1n) is 7.06. The van der Waals surface area contributed by atoms with Gasteiger partial charge in [0.1, 0.15) is 0 Å². The first-order chi connectivity index (χ1) is 7.69. The molecule has 0 aromatic rings. The summed E-state index contributed by atoms with van der Waals surface area (Å²) in [5.41, 5.74) is 0. The fourth-order valence-electron chi connectivity index (χ4n) is 3.48. The lowest BCUT2D eigenvalue weighted by Crippen LogP contribution is -2.44. The molecule has 3 unspecified atom stereocenters. The molecule has 2 aliphatic rings. The highest BCUT2D eigenvalue weighted by Crippen LogP contribution is 2.36. The van der Waals surface area contributed by atoms with Crippen LogP contribution in [0, 0.1) is 17.8 Å². The molecular formula is C14H27NO. The van der Waals surface area contributed by atoms with Gasteiger partial charge in [0.2, 0.25) is 0 Å². The zero-order valence-electron chi connectivity index (χ0n) is 10.8. The maximum absolute atomic E-state index is 9.11. The van der Waals surface area contributed by atoms with Gasteiger partial charge < -0.3 is 10.4 Å². The van der Waals surface area contributed by atoms with E-state index in [4.69, 9.17) is 5.11 Å². The van der Waals surface area contributed by atoms with E-state index in [1.54, 1.807) is 0 Å². The minimum Gasteiger partial charge on any atom is -0.396 e. The van der Waals surface area contributed by atoms with E-state index in [1.807, 2.05) is 0 Å². The first kappa shape index (κ1) is 12.4. The number of aliphatic hydroxyl groups is 1. The number of aliphatic hydroxyl groups excluding tert-OH is 1. The molecule has 2 nitrogen and oxygen atoms in total. The standard InChI is InChI=1S/C14H27NO/c1-10-7-11(2)9-13(8-10)15-14(5-6-16)12-3-4-12/h10-16H,3-9H2,1-2H3. The molecule has 2 heteroatoms. The van der Waals surface area contributed by atoms with Crippen molar-refractivity contribution in [3.8, 4) is 0 Å². The van der Waals surface area contributed by atoms with Crippen LogP contribution in [0.1, 0.15) is 52.4 Å². The van der Waals surface area contributed by atoms with E-state index in [1.165, 1.54) is 32.1 Å². The summed E-state index contributed by atoms with van der Waals surface area (Å²) in [6.45, 7) is 5.09. The topological polar surface area (TPSA) is 32.3 Å². The largest absolute Gasteiger partial charge is 0.396 e. The van der Waals surface area contributed by atoms with Crippen LogP contribution in [0.4, 0.5) is 0 Å². The highest BCUT2D eigenvalue weighted by Gasteiger charge is 2.33. The summed E-state index contributed by atoms with van der Waals surface area (Å²) in [5, 5.41) is 12.9. The quantitative estimate of drug-likeness (QED) is 0.753. The van der Waals surface area contributed by atoms with Crippen molar-refractivity contribution in [3.05, 3.63) is 0 Å². The molecule has 94 valence electrons. The number of rotatable bonds is 5. The monoisotopic (exact) mass is 225 g/mol. The molecule has 0 amide bonds. The Morgan fingerprint density at radius 1 is 1.12 bits per heavy atom. The Bertz CT molecular complexity index is 205. The van der Waals surface area contributed by atoms with Gasteiger partial charge in [-0.25, -0.2) is 0 Å². The molecule has 0 saturated heterocycles. The molecule has 0 bridgehead atoms. The van der Waals surface area contributed by atoms with Gasteiger partial charge in [-0.1, -0.05) is 13.8 Å². The van der Waals surface area contributed by atoms with Gasteiger partial charge in [0.25, 0.3) is 0 Å². The van der Waals surface area contributed by atoms with Gasteiger partial charge in [-0.05, 0) is 56.3 Å². The molecule has 3 atom stereocenters. The van der Waals surface area contributed by atoms with Crippen LogP contribution in [-0.4, -0.2) is 23.8 Å². The Balaban J connectivity index is 1.81. The van der Waals surface area contributed by atoms with E-state index in [0.29, 0.717) is 18.7 Å². The summed E-state index contributed by atoms with van der Waals surface area (Å²) in [7, 11) is 0. The van der Waals surface area contributed by atoms with Crippen LogP contribution >= 0.6 is 0 Å². The van der Waals surface area contributed by atoms with Gasteiger partial charge in [-0.3, -0.25) is 0 Å². The minimum absolute atomic E-state index is 0.339. The zero-order chi connectivity index (χ0) is 11.5. The summed E-state index contributed by atoms with van der Waals surface area (Å²) < 4.78 is 0. The van der Waals surface area contributed by atoms with E-state index in [2.05, 4.69) is 19.2 Å². The Hall–Kier alpha value is -0.0800. The molecule has 16 heavy (non-hydrogen) atoms. The van der Waals surface area contributed by atoms with Crippen LogP contribution in [0.3, 0.4) is 0 Å². The van der Waals surface area contributed by atoms with Crippen molar-refractivity contribution >= 4 is 0 Å². The van der Waals surface area contributed by atoms with Crippen molar-refractivity contribution < 1.29 is 5.11 Å². The lowest BCUT2D eigenvalue weighted by atomic mass is 9.80. The zero-order valence-corrected chi connectivity index (χ0v) is 10.8. The molecule has 0 heterocycles. The van der Waals surface area contributed by atoms with Crippen molar-refractivity contribution in [1.82, 2.24) is 5.32 Å². The maximum atomic E-state index is 9.11. The molecule has 0 aromatic carbocycles. The molecule has 0 spiro atoms. The van der Waals surface area contributed by atoms with Crippen LogP contribution in [0.25, 0.3) is 0 Å². The van der Waals surface area contributed by atoms with Crippen molar-refractivity contribution in [2.45, 2.75) is 64.5 Å². The summed E-state index contributed by atoms with van der Waals surface area (Å²) >= 11 is 0. The van der Waals surface area contributed by atoms with Crippen molar-refractivity contribution in [2.24, 2.45) is 17.8 Å². The predicted octanol–water partition coefficient (Wildman–Crippen LogP) is 2.56. The Morgan fingerprint density at radius 3 is 2.25 bits per heavy atom. The molecule has 0 radical (unpaired) electrons. The van der Waals surface area contributed by atoms with Crippen molar-refractivity contribution in [3.63, 3.8) is 0 Å². The van der Waals surface area contributed by atoms with Crippen molar-refractivity contribution in [2.75, 3.05) is 6.61 Å². The van der Waals surface area contributed by atoms with Crippen LogP contribution in [0.2, 0.25) is 0 Å². The predicted molar refractivity (Wildman–Crippen MR) is 67.3 cm³/mol. The maximum Gasteiger partial charge on any atom is 0.0445 e. The number of hydrogen-bond donors (Lipinski definition) is 2. The van der Waals surface area contributed by atoms with Crippen LogP contribution in [-0.2, 0) is 0 Å². The number of nitrogens with one attached hydrogen (secondary N) is 1. The average Bonchev–Trinajstić information content (AvgIpc) is 2.98. The third-order valence-electron chi connectivity index (χ3n) is 4.26. The van der Waals surface area contributed by atoms with E-state index in [0.717, 1.165) is 24.2 Å². The van der Waals surface area contributed by atoms with Crippen molar-refractivity contribution in [1.29, 1.82) is 0 Å². The lowest BCUT2D eigenvalue weighted by Gasteiger charge is -2.34. The molecule has 2 rings (SSSR count). The second kappa shape index (κ2) is 5.50.